The summed E-state index contributed by atoms with van der Waals surface area (Å²) in [5.74, 6) is 2.37. The third-order valence-corrected chi connectivity index (χ3v) is 2.84. The Kier molecular flexibility index (Phi) is 7.71. The Labute approximate surface area is 125 Å². The molecule has 0 N–H and O–H groups in total. The van der Waals surface area contributed by atoms with Gasteiger partial charge in [0.15, 0.2) is 36.6 Å². The molecular formula is C15H24O6. The zero-order valence-corrected chi connectivity index (χ0v) is 13.4. The van der Waals surface area contributed by atoms with Crippen LogP contribution in [-0.2, 0) is 15.9 Å². The highest BCUT2D eigenvalue weighted by Crippen LogP contribution is 2.45. The fourth-order valence-electron chi connectivity index (χ4n) is 2.01. The number of ether oxygens (including phenoxy) is 6. The van der Waals surface area contributed by atoms with Crippen molar-refractivity contribution in [3.8, 4) is 23.0 Å². The molecule has 0 aromatic heterocycles. The molecule has 0 heterocycles. The molecule has 21 heavy (non-hydrogen) atoms. The fraction of sp³-hybridized carbons (Fsp3) is 0.600. The first-order valence-corrected chi connectivity index (χ1v) is 6.74. The van der Waals surface area contributed by atoms with E-state index >= 15 is 0 Å². The molecule has 0 unspecified atom stereocenters. The van der Waals surface area contributed by atoms with E-state index < -0.39 is 0 Å². The summed E-state index contributed by atoms with van der Waals surface area (Å²) < 4.78 is 32.0. The molecular weight excluding hydrogens is 276 g/mol. The lowest BCUT2D eigenvalue weighted by Gasteiger charge is -2.20. The minimum Gasteiger partial charge on any atom is -0.493 e. The second-order valence-electron chi connectivity index (χ2n) is 4.27. The molecule has 0 aliphatic rings. The van der Waals surface area contributed by atoms with Crippen molar-refractivity contribution in [1.29, 1.82) is 0 Å². The predicted molar refractivity (Wildman–Crippen MR) is 78.5 cm³/mol. The van der Waals surface area contributed by atoms with Crippen LogP contribution in [0, 0.1) is 0 Å². The van der Waals surface area contributed by atoms with Crippen LogP contribution in [0.2, 0.25) is 0 Å². The lowest BCUT2D eigenvalue weighted by Crippen LogP contribution is -2.08. The summed E-state index contributed by atoms with van der Waals surface area (Å²) >= 11 is 0. The average molecular weight is 300 g/mol. The van der Waals surface area contributed by atoms with Crippen LogP contribution in [0.15, 0.2) is 6.07 Å². The number of methoxy groups -OCH3 is 4. The van der Waals surface area contributed by atoms with E-state index in [0.717, 1.165) is 18.4 Å². The van der Waals surface area contributed by atoms with Gasteiger partial charge in [0.25, 0.3) is 0 Å². The average Bonchev–Trinajstić information content (AvgIpc) is 2.51. The number of hydrogen-bond acceptors (Lipinski definition) is 6. The molecule has 0 saturated heterocycles. The van der Waals surface area contributed by atoms with Gasteiger partial charge >= 0.3 is 0 Å². The Morgan fingerprint density at radius 2 is 1.48 bits per heavy atom. The number of benzene rings is 1. The van der Waals surface area contributed by atoms with Crippen molar-refractivity contribution < 1.29 is 28.4 Å². The van der Waals surface area contributed by atoms with Crippen LogP contribution < -0.4 is 18.9 Å². The van der Waals surface area contributed by atoms with E-state index in [-0.39, 0.29) is 13.6 Å². The Bertz CT molecular complexity index is 433. The van der Waals surface area contributed by atoms with Crippen LogP contribution in [0.3, 0.4) is 0 Å². The van der Waals surface area contributed by atoms with Gasteiger partial charge in [-0.15, -0.1) is 0 Å². The molecule has 0 atom stereocenters. The monoisotopic (exact) mass is 300 g/mol. The smallest absolute Gasteiger partial charge is 0.188 e. The fourth-order valence-corrected chi connectivity index (χ4v) is 2.01. The molecule has 0 radical (unpaired) electrons. The van der Waals surface area contributed by atoms with Crippen LogP contribution in [0.5, 0.6) is 23.0 Å². The standard InChI is InChI=1S/C15H24O6/c1-6-7-11-14(19-5)13(20-9-16-2)8-12(18-4)15(11)21-10-17-3/h8H,6-7,9-10H2,1-5H3. The SMILES string of the molecule is CCCc1c(OC)c(OCOC)cc(OC)c1OCOC. The molecule has 0 fully saturated rings. The summed E-state index contributed by atoms with van der Waals surface area (Å²) in [4.78, 5) is 0. The summed E-state index contributed by atoms with van der Waals surface area (Å²) in [6.45, 7) is 2.34. The topological polar surface area (TPSA) is 55.4 Å². The second-order valence-corrected chi connectivity index (χ2v) is 4.27. The number of hydrogen-bond donors (Lipinski definition) is 0. The molecule has 0 spiro atoms. The van der Waals surface area contributed by atoms with Gasteiger partial charge in [-0.05, 0) is 6.42 Å². The predicted octanol–water partition coefficient (Wildman–Crippen LogP) is 2.62. The van der Waals surface area contributed by atoms with Crippen LogP contribution in [0.25, 0.3) is 0 Å². The molecule has 0 aliphatic carbocycles. The largest absolute Gasteiger partial charge is 0.493 e. The highest BCUT2D eigenvalue weighted by Gasteiger charge is 2.21. The first-order valence-electron chi connectivity index (χ1n) is 6.74. The van der Waals surface area contributed by atoms with E-state index in [0.29, 0.717) is 23.0 Å². The van der Waals surface area contributed by atoms with E-state index in [1.54, 1.807) is 34.5 Å². The van der Waals surface area contributed by atoms with Gasteiger partial charge in [0, 0.05) is 25.8 Å². The van der Waals surface area contributed by atoms with Crippen molar-refractivity contribution in [1.82, 2.24) is 0 Å². The highest BCUT2D eigenvalue weighted by molar-refractivity contribution is 5.61. The molecule has 120 valence electrons. The van der Waals surface area contributed by atoms with Gasteiger partial charge < -0.3 is 28.4 Å². The first-order chi connectivity index (χ1) is 10.2. The highest BCUT2D eigenvalue weighted by atomic mass is 16.7. The lowest BCUT2D eigenvalue weighted by molar-refractivity contribution is 0.0444. The van der Waals surface area contributed by atoms with Crippen LogP contribution in [0.4, 0.5) is 0 Å². The molecule has 1 aromatic rings. The molecule has 0 bridgehead atoms. The third-order valence-electron chi connectivity index (χ3n) is 2.84. The van der Waals surface area contributed by atoms with Gasteiger partial charge in [-0.25, -0.2) is 0 Å². The van der Waals surface area contributed by atoms with E-state index in [4.69, 9.17) is 28.4 Å². The van der Waals surface area contributed by atoms with Gasteiger partial charge in [-0.2, -0.15) is 0 Å². The van der Waals surface area contributed by atoms with Crippen molar-refractivity contribution in [2.45, 2.75) is 19.8 Å². The van der Waals surface area contributed by atoms with Crippen LogP contribution in [-0.4, -0.2) is 42.0 Å². The Hall–Kier alpha value is -1.66. The third kappa shape index (κ3) is 4.41. The number of rotatable bonds is 10. The van der Waals surface area contributed by atoms with Gasteiger partial charge in [0.05, 0.1) is 14.2 Å². The molecule has 6 heteroatoms. The van der Waals surface area contributed by atoms with E-state index in [2.05, 4.69) is 6.92 Å². The van der Waals surface area contributed by atoms with Crippen molar-refractivity contribution in [3.05, 3.63) is 11.6 Å². The summed E-state index contributed by atoms with van der Waals surface area (Å²) in [6.07, 6.45) is 1.69. The zero-order valence-electron chi connectivity index (χ0n) is 13.4. The molecule has 0 amide bonds. The first kappa shape index (κ1) is 17.4. The zero-order chi connectivity index (χ0) is 15.7. The maximum atomic E-state index is 5.65. The summed E-state index contributed by atoms with van der Waals surface area (Å²) in [7, 11) is 6.31. The van der Waals surface area contributed by atoms with Gasteiger partial charge in [0.1, 0.15) is 0 Å². The minimum atomic E-state index is 0.128. The molecule has 1 aromatic carbocycles. The normalized spacial score (nSPS) is 10.3. The van der Waals surface area contributed by atoms with Gasteiger partial charge in [0.2, 0.25) is 0 Å². The van der Waals surface area contributed by atoms with Crippen molar-refractivity contribution in [2.24, 2.45) is 0 Å². The van der Waals surface area contributed by atoms with Crippen molar-refractivity contribution in [2.75, 3.05) is 42.0 Å². The summed E-state index contributed by atoms with van der Waals surface area (Å²) in [5.41, 5.74) is 0.891. The van der Waals surface area contributed by atoms with E-state index in [1.165, 1.54) is 0 Å². The summed E-state index contributed by atoms with van der Waals surface area (Å²) in [5, 5.41) is 0. The summed E-state index contributed by atoms with van der Waals surface area (Å²) in [6, 6.07) is 1.72. The quantitative estimate of drug-likeness (QED) is 0.619. The lowest BCUT2D eigenvalue weighted by atomic mass is 10.1. The van der Waals surface area contributed by atoms with Crippen LogP contribution >= 0.6 is 0 Å². The maximum Gasteiger partial charge on any atom is 0.188 e. The maximum absolute atomic E-state index is 5.65. The Balaban J connectivity index is 3.32. The van der Waals surface area contributed by atoms with Gasteiger partial charge in [-0.3, -0.25) is 0 Å². The van der Waals surface area contributed by atoms with Crippen molar-refractivity contribution >= 4 is 0 Å². The molecule has 6 nitrogen and oxygen atoms in total. The second kappa shape index (κ2) is 9.31. The molecule has 1 rings (SSSR count). The van der Waals surface area contributed by atoms with E-state index in [1.807, 2.05) is 0 Å². The molecule has 0 saturated carbocycles. The van der Waals surface area contributed by atoms with Crippen molar-refractivity contribution in [3.63, 3.8) is 0 Å². The van der Waals surface area contributed by atoms with Crippen LogP contribution in [0.1, 0.15) is 18.9 Å². The molecule has 0 aliphatic heterocycles. The minimum absolute atomic E-state index is 0.128. The Morgan fingerprint density at radius 1 is 0.810 bits per heavy atom. The van der Waals surface area contributed by atoms with Gasteiger partial charge in [-0.1, -0.05) is 13.3 Å². The Morgan fingerprint density at radius 3 is 2.00 bits per heavy atom. The van der Waals surface area contributed by atoms with E-state index in [9.17, 15) is 0 Å².